The first-order valence-corrected chi connectivity index (χ1v) is 10.9. The minimum absolute atomic E-state index is 0.0140. The van der Waals surface area contributed by atoms with E-state index in [0.29, 0.717) is 0 Å². The lowest BCUT2D eigenvalue weighted by molar-refractivity contribution is -0.201. The fourth-order valence-electron chi connectivity index (χ4n) is 3.28. The highest BCUT2D eigenvalue weighted by Gasteiger charge is 2.35. The first-order chi connectivity index (χ1) is 16.4. The third-order valence-corrected chi connectivity index (χ3v) is 4.82. The molecule has 1 aromatic heterocycles. The zero-order valence-corrected chi connectivity index (χ0v) is 19.6. The number of esters is 1. The summed E-state index contributed by atoms with van der Waals surface area (Å²) in [7, 11) is 1.23. The molecule has 0 saturated carbocycles. The number of carbonyl (C=O) groups is 2. The van der Waals surface area contributed by atoms with Crippen molar-refractivity contribution in [3.05, 3.63) is 36.0 Å². The Bertz CT molecular complexity index is 1080. The number of hydrogen-bond acceptors (Lipinski definition) is 8. The van der Waals surface area contributed by atoms with E-state index in [2.05, 4.69) is 10.1 Å². The maximum absolute atomic E-state index is 13.5. The molecule has 2 rings (SSSR count). The van der Waals surface area contributed by atoms with Crippen molar-refractivity contribution in [1.82, 2.24) is 10.0 Å². The van der Waals surface area contributed by atoms with Crippen LogP contribution in [0.4, 0.5) is 0 Å². The summed E-state index contributed by atoms with van der Waals surface area (Å²) >= 11 is 0. The summed E-state index contributed by atoms with van der Waals surface area (Å²) in [5.41, 5.74) is 1.72. The lowest BCUT2D eigenvalue weighted by atomic mass is 10.0. The number of benzene rings is 1. The largest absolute Gasteiger partial charge is 0.467 e. The zero-order valence-electron chi connectivity index (χ0n) is 19.6. The molecule has 1 atom stereocenters. The monoisotopic (exact) mass is 467 g/mol. The van der Waals surface area contributed by atoms with Crippen molar-refractivity contribution in [2.24, 2.45) is 11.1 Å². The van der Waals surface area contributed by atoms with Crippen molar-refractivity contribution in [3.8, 4) is 12.1 Å². The first kappa shape index (κ1) is 26.4. The number of hydrogen-bond donors (Lipinski definition) is 1. The SMILES string of the molecule is COC(=O)[C@H](Cc1c[nH]c2ccccc12)N(OCCC#N)C(=O)C(CC(C)C)=NOCCC#N. The van der Waals surface area contributed by atoms with Gasteiger partial charge in [-0.05, 0) is 17.5 Å². The molecular weight excluding hydrogens is 438 g/mol. The highest BCUT2D eigenvalue weighted by molar-refractivity contribution is 6.38. The number of nitrogens with one attached hydrogen (secondary N) is 1. The fraction of sp³-hybridized carbons (Fsp3) is 0.458. The molecule has 2 aromatic rings. The van der Waals surface area contributed by atoms with Gasteiger partial charge in [-0.25, -0.2) is 9.86 Å². The number of amides is 1. The molecule has 10 heteroatoms. The number of hydroxylamine groups is 2. The summed E-state index contributed by atoms with van der Waals surface area (Å²) in [5, 5.41) is 23.4. The normalized spacial score (nSPS) is 12.1. The number of nitriles is 2. The van der Waals surface area contributed by atoms with Crippen molar-refractivity contribution < 1.29 is 24.0 Å². The Hall–Kier alpha value is -3.89. The predicted octanol–water partition coefficient (Wildman–Crippen LogP) is 3.26. The maximum Gasteiger partial charge on any atom is 0.331 e. The molecule has 0 aliphatic rings. The van der Waals surface area contributed by atoms with Crippen molar-refractivity contribution in [2.45, 2.75) is 45.6 Å². The number of oxime groups is 1. The van der Waals surface area contributed by atoms with Gasteiger partial charge in [0, 0.05) is 29.9 Å². The van der Waals surface area contributed by atoms with Gasteiger partial charge in [0.1, 0.15) is 12.3 Å². The Balaban J connectivity index is 2.42. The van der Waals surface area contributed by atoms with E-state index in [-0.39, 0.29) is 50.5 Å². The standard InChI is InChI=1S/C24H29N5O5/c1-17(2)14-21(28-33-12-6-10-25)23(30)29(34-13-7-11-26)22(24(31)32-3)15-18-16-27-20-9-5-4-8-19(18)20/h4-5,8-9,16-17,22,27H,6-7,12-15H2,1-3H3/t22-/m0/s1. The summed E-state index contributed by atoms with van der Waals surface area (Å²) in [6, 6.07) is 10.3. The molecule has 1 N–H and O–H groups in total. The minimum Gasteiger partial charge on any atom is -0.467 e. The number of para-hydroxylation sites is 1. The van der Waals surface area contributed by atoms with Crippen LogP contribution in [0.3, 0.4) is 0 Å². The van der Waals surface area contributed by atoms with Gasteiger partial charge in [0.25, 0.3) is 5.91 Å². The molecule has 0 spiro atoms. The smallest absolute Gasteiger partial charge is 0.331 e. The zero-order chi connectivity index (χ0) is 24.9. The summed E-state index contributed by atoms with van der Waals surface area (Å²) in [6.45, 7) is 3.73. The van der Waals surface area contributed by atoms with Crippen molar-refractivity contribution in [1.29, 1.82) is 10.5 Å². The number of rotatable bonds is 13. The van der Waals surface area contributed by atoms with Gasteiger partial charge in [0.15, 0.2) is 6.04 Å². The van der Waals surface area contributed by atoms with Crippen LogP contribution in [-0.4, -0.2) is 54.0 Å². The van der Waals surface area contributed by atoms with Crippen LogP contribution >= 0.6 is 0 Å². The number of aromatic nitrogens is 1. The molecule has 0 radical (unpaired) electrons. The van der Waals surface area contributed by atoms with E-state index in [1.807, 2.05) is 50.3 Å². The highest BCUT2D eigenvalue weighted by atomic mass is 16.7. The van der Waals surface area contributed by atoms with E-state index in [1.54, 1.807) is 6.20 Å². The topological polar surface area (TPSA) is 141 Å². The summed E-state index contributed by atoms with van der Waals surface area (Å²) < 4.78 is 4.99. The second-order valence-electron chi connectivity index (χ2n) is 7.85. The molecule has 1 amide bonds. The third-order valence-electron chi connectivity index (χ3n) is 4.82. The second-order valence-corrected chi connectivity index (χ2v) is 7.85. The quantitative estimate of drug-likeness (QED) is 0.206. The molecule has 34 heavy (non-hydrogen) atoms. The number of ether oxygens (including phenoxy) is 1. The molecule has 0 aliphatic heterocycles. The number of H-pyrrole nitrogens is 1. The molecule has 180 valence electrons. The van der Waals surface area contributed by atoms with Gasteiger partial charge < -0.3 is 14.6 Å². The van der Waals surface area contributed by atoms with Crippen molar-refractivity contribution >= 4 is 28.5 Å². The summed E-state index contributed by atoms with van der Waals surface area (Å²) in [5.74, 6) is -1.29. The van der Waals surface area contributed by atoms with Crippen molar-refractivity contribution in [2.75, 3.05) is 20.3 Å². The van der Waals surface area contributed by atoms with Gasteiger partial charge >= 0.3 is 5.97 Å². The predicted molar refractivity (Wildman–Crippen MR) is 124 cm³/mol. The second kappa shape index (κ2) is 13.6. The molecule has 0 saturated heterocycles. The van der Waals surface area contributed by atoms with Crippen molar-refractivity contribution in [3.63, 3.8) is 0 Å². The van der Waals surface area contributed by atoms with Crippen LogP contribution in [0.2, 0.25) is 0 Å². The van der Waals surface area contributed by atoms with Gasteiger partial charge in [0.05, 0.1) is 38.7 Å². The van der Waals surface area contributed by atoms with E-state index < -0.39 is 17.9 Å². The maximum atomic E-state index is 13.5. The van der Waals surface area contributed by atoms with Crippen LogP contribution in [0.15, 0.2) is 35.6 Å². The average molecular weight is 468 g/mol. The first-order valence-electron chi connectivity index (χ1n) is 10.9. The van der Waals surface area contributed by atoms with Gasteiger partial charge in [0.2, 0.25) is 0 Å². The van der Waals surface area contributed by atoms with E-state index in [1.165, 1.54) is 7.11 Å². The summed E-state index contributed by atoms with van der Waals surface area (Å²) in [4.78, 5) is 40.3. The van der Waals surface area contributed by atoms with E-state index in [9.17, 15) is 9.59 Å². The van der Waals surface area contributed by atoms with Gasteiger partial charge in [-0.1, -0.05) is 37.2 Å². The van der Waals surface area contributed by atoms with Gasteiger partial charge in [-0.3, -0.25) is 9.63 Å². The molecule has 1 heterocycles. The lowest BCUT2D eigenvalue weighted by Gasteiger charge is -2.29. The number of methoxy groups -OCH3 is 1. The molecule has 0 aliphatic carbocycles. The van der Waals surface area contributed by atoms with E-state index in [4.69, 9.17) is 24.9 Å². The van der Waals surface area contributed by atoms with Gasteiger partial charge in [-0.2, -0.15) is 10.5 Å². The number of aromatic amines is 1. The molecule has 0 unspecified atom stereocenters. The van der Waals surface area contributed by atoms with Gasteiger partial charge in [-0.15, -0.1) is 0 Å². The van der Waals surface area contributed by atoms with Crippen LogP contribution in [0.1, 0.15) is 38.7 Å². The highest BCUT2D eigenvalue weighted by Crippen LogP contribution is 2.22. The Morgan fingerprint density at radius 3 is 2.53 bits per heavy atom. The summed E-state index contributed by atoms with van der Waals surface area (Å²) in [6.07, 6.45) is 2.26. The number of nitrogens with zero attached hydrogens (tertiary/aromatic N) is 4. The Morgan fingerprint density at radius 1 is 1.15 bits per heavy atom. The number of carbonyl (C=O) groups excluding carboxylic acids is 2. The Morgan fingerprint density at radius 2 is 1.85 bits per heavy atom. The molecule has 1 aromatic carbocycles. The lowest BCUT2D eigenvalue weighted by Crippen LogP contribution is -2.49. The molecule has 0 fully saturated rings. The Labute approximate surface area is 198 Å². The fourth-order valence-corrected chi connectivity index (χ4v) is 3.28. The number of fused-ring (bicyclic) bond motifs is 1. The minimum atomic E-state index is -1.13. The van der Waals surface area contributed by atoms with Crippen LogP contribution in [0.5, 0.6) is 0 Å². The average Bonchev–Trinajstić information content (AvgIpc) is 3.24. The third kappa shape index (κ3) is 7.32. The van der Waals surface area contributed by atoms with Crippen LogP contribution in [-0.2, 0) is 30.4 Å². The molecular formula is C24H29N5O5. The molecule has 0 bridgehead atoms. The van der Waals surface area contributed by atoms with Crippen LogP contribution < -0.4 is 0 Å². The molecule has 10 nitrogen and oxygen atoms in total. The Kier molecular flexibility index (Phi) is 10.6. The van der Waals surface area contributed by atoms with Crippen LogP contribution in [0, 0.1) is 28.6 Å². The van der Waals surface area contributed by atoms with E-state index >= 15 is 0 Å². The van der Waals surface area contributed by atoms with E-state index in [0.717, 1.165) is 21.5 Å². The van der Waals surface area contributed by atoms with Crippen LogP contribution in [0.25, 0.3) is 10.9 Å².